The van der Waals surface area contributed by atoms with Gasteiger partial charge in [-0.2, -0.15) is 0 Å². The highest BCUT2D eigenvalue weighted by molar-refractivity contribution is 5.44. The number of nitrogens with two attached hydrogens (primary N) is 1. The van der Waals surface area contributed by atoms with Crippen molar-refractivity contribution in [1.82, 2.24) is 0 Å². The van der Waals surface area contributed by atoms with Gasteiger partial charge in [0.2, 0.25) is 0 Å². The van der Waals surface area contributed by atoms with E-state index in [1.807, 2.05) is 19.9 Å². The average molecular weight is 284 g/mol. The lowest BCUT2D eigenvalue weighted by molar-refractivity contribution is -0.385. The van der Waals surface area contributed by atoms with E-state index in [0.717, 1.165) is 16.7 Å². The minimum atomic E-state index is -0.350. The number of rotatable bonds is 4. The zero-order chi connectivity index (χ0) is 15.6. The molecular formula is C17H20N2O2. The van der Waals surface area contributed by atoms with E-state index in [9.17, 15) is 10.1 Å². The van der Waals surface area contributed by atoms with Crippen LogP contribution < -0.4 is 5.73 Å². The molecule has 0 heterocycles. The van der Waals surface area contributed by atoms with Gasteiger partial charge in [-0.3, -0.25) is 10.1 Å². The first-order chi connectivity index (χ1) is 9.90. The Morgan fingerprint density at radius 2 is 1.71 bits per heavy atom. The van der Waals surface area contributed by atoms with Crippen LogP contribution in [0.25, 0.3) is 0 Å². The third kappa shape index (κ3) is 3.28. The molecule has 1 unspecified atom stereocenters. The minimum absolute atomic E-state index is 0.135. The predicted molar refractivity (Wildman–Crippen MR) is 84.4 cm³/mol. The molecule has 2 rings (SSSR count). The number of hydrogen-bond acceptors (Lipinski definition) is 3. The van der Waals surface area contributed by atoms with Crippen LogP contribution in [0.1, 0.15) is 33.9 Å². The Morgan fingerprint density at radius 1 is 1.14 bits per heavy atom. The van der Waals surface area contributed by atoms with Crippen LogP contribution in [0.5, 0.6) is 0 Å². The summed E-state index contributed by atoms with van der Waals surface area (Å²) in [7, 11) is 0. The summed E-state index contributed by atoms with van der Waals surface area (Å²) in [5.74, 6) is 0. The second kappa shape index (κ2) is 6.06. The van der Waals surface area contributed by atoms with Crippen molar-refractivity contribution in [1.29, 1.82) is 0 Å². The molecule has 0 aliphatic heterocycles. The highest BCUT2D eigenvalue weighted by atomic mass is 16.6. The van der Waals surface area contributed by atoms with E-state index in [-0.39, 0.29) is 16.7 Å². The van der Waals surface area contributed by atoms with E-state index in [2.05, 4.69) is 19.1 Å². The molecule has 0 radical (unpaired) electrons. The largest absolute Gasteiger partial charge is 0.324 e. The van der Waals surface area contributed by atoms with E-state index in [1.54, 1.807) is 12.1 Å². The van der Waals surface area contributed by atoms with Gasteiger partial charge in [-0.15, -0.1) is 0 Å². The topological polar surface area (TPSA) is 69.2 Å². The first kappa shape index (κ1) is 15.2. The van der Waals surface area contributed by atoms with Gasteiger partial charge >= 0.3 is 0 Å². The third-order valence-electron chi connectivity index (χ3n) is 3.74. The number of aryl methyl sites for hydroxylation is 3. The van der Waals surface area contributed by atoms with Gasteiger partial charge in [0.25, 0.3) is 5.69 Å². The predicted octanol–water partition coefficient (Wildman–Crippen LogP) is 3.76. The van der Waals surface area contributed by atoms with Gasteiger partial charge < -0.3 is 5.73 Å². The summed E-state index contributed by atoms with van der Waals surface area (Å²) in [6, 6.07) is 10.7. The number of benzene rings is 2. The van der Waals surface area contributed by atoms with Crippen molar-refractivity contribution in [2.24, 2.45) is 5.73 Å². The van der Waals surface area contributed by atoms with Crippen molar-refractivity contribution < 1.29 is 4.92 Å². The molecule has 21 heavy (non-hydrogen) atoms. The average Bonchev–Trinajstić information content (AvgIpc) is 2.37. The van der Waals surface area contributed by atoms with Crippen molar-refractivity contribution >= 4 is 5.69 Å². The van der Waals surface area contributed by atoms with Crippen molar-refractivity contribution in [2.75, 3.05) is 0 Å². The Balaban J connectivity index is 2.35. The van der Waals surface area contributed by atoms with Crippen molar-refractivity contribution in [2.45, 2.75) is 33.2 Å². The Labute approximate surface area is 124 Å². The van der Waals surface area contributed by atoms with Crippen molar-refractivity contribution in [3.05, 3.63) is 74.3 Å². The van der Waals surface area contributed by atoms with Gasteiger partial charge in [0.15, 0.2) is 0 Å². The summed E-state index contributed by atoms with van der Waals surface area (Å²) < 4.78 is 0. The SMILES string of the molecule is Cc1cc(C)c(C(N)Cc2ccccc2[N+](=O)[O-])c(C)c1. The summed E-state index contributed by atoms with van der Waals surface area (Å²) in [6.07, 6.45) is 0.460. The third-order valence-corrected chi connectivity index (χ3v) is 3.74. The van der Waals surface area contributed by atoms with E-state index in [4.69, 9.17) is 5.73 Å². The van der Waals surface area contributed by atoms with Crippen LogP contribution in [0.4, 0.5) is 5.69 Å². The molecule has 2 N–H and O–H groups in total. The zero-order valence-corrected chi connectivity index (χ0v) is 12.6. The Kier molecular flexibility index (Phi) is 4.38. The molecule has 4 nitrogen and oxygen atoms in total. The van der Waals surface area contributed by atoms with E-state index in [1.165, 1.54) is 11.6 Å². The number of hydrogen-bond donors (Lipinski definition) is 1. The first-order valence-electron chi connectivity index (χ1n) is 6.95. The van der Waals surface area contributed by atoms with Crippen LogP contribution in [-0.2, 0) is 6.42 Å². The highest BCUT2D eigenvalue weighted by Gasteiger charge is 2.18. The van der Waals surface area contributed by atoms with Crippen molar-refractivity contribution in [3.8, 4) is 0 Å². The minimum Gasteiger partial charge on any atom is -0.324 e. The Morgan fingerprint density at radius 3 is 2.29 bits per heavy atom. The maximum absolute atomic E-state index is 11.1. The van der Waals surface area contributed by atoms with Gasteiger partial charge in [-0.1, -0.05) is 35.9 Å². The molecule has 0 amide bonds. The van der Waals surface area contributed by atoms with Gasteiger partial charge in [-0.25, -0.2) is 0 Å². The lowest BCUT2D eigenvalue weighted by Gasteiger charge is -2.18. The molecule has 0 aromatic heterocycles. The maximum atomic E-state index is 11.1. The number of nitro benzene ring substituents is 1. The van der Waals surface area contributed by atoms with Crippen LogP contribution in [0.3, 0.4) is 0 Å². The monoisotopic (exact) mass is 284 g/mol. The summed E-state index contributed by atoms with van der Waals surface area (Å²) >= 11 is 0. The molecule has 0 aliphatic rings. The molecule has 2 aromatic rings. The molecule has 0 spiro atoms. The van der Waals surface area contributed by atoms with Gasteiger partial charge in [0.05, 0.1) is 4.92 Å². The highest BCUT2D eigenvalue weighted by Crippen LogP contribution is 2.27. The quantitative estimate of drug-likeness (QED) is 0.686. The van der Waals surface area contributed by atoms with Crippen LogP contribution >= 0.6 is 0 Å². The molecule has 1 atom stereocenters. The fraction of sp³-hybridized carbons (Fsp3) is 0.294. The number of nitro groups is 1. The van der Waals surface area contributed by atoms with E-state index in [0.29, 0.717) is 12.0 Å². The lowest BCUT2D eigenvalue weighted by Crippen LogP contribution is -2.17. The van der Waals surface area contributed by atoms with E-state index >= 15 is 0 Å². The normalized spacial score (nSPS) is 12.2. The van der Waals surface area contributed by atoms with Crippen LogP contribution in [0, 0.1) is 30.9 Å². The van der Waals surface area contributed by atoms with Crippen LogP contribution in [0.2, 0.25) is 0 Å². The number of para-hydroxylation sites is 1. The Bertz CT molecular complexity index is 657. The smallest absolute Gasteiger partial charge is 0.272 e. The standard InChI is InChI=1S/C17H20N2O2/c1-11-8-12(2)17(13(3)9-11)15(18)10-14-6-4-5-7-16(14)19(20)21/h4-9,15H,10,18H2,1-3H3. The Hall–Kier alpha value is -2.20. The van der Waals surface area contributed by atoms with Gasteiger partial charge in [0, 0.05) is 17.7 Å². The summed E-state index contributed by atoms with van der Waals surface area (Å²) in [5.41, 5.74) is 11.7. The number of nitrogens with zero attached hydrogens (tertiary/aromatic N) is 1. The maximum Gasteiger partial charge on any atom is 0.272 e. The lowest BCUT2D eigenvalue weighted by atomic mass is 9.90. The van der Waals surface area contributed by atoms with Gasteiger partial charge in [-0.05, 0) is 43.9 Å². The van der Waals surface area contributed by atoms with Crippen LogP contribution in [0.15, 0.2) is 36.4 Å². The molecule has 4 heteroatoms. The first-order valence-corrected chi connectivity index (χ1v) is 6.95. The zero-order valence-electron chi connectivity index (χ0n) is 12.6. The molecule has 110 valence electrons. The second-order valence-electron chi connectivity index (χ2n) is 5.51. The second-order valence-corrected chi connectivity index (χ2v) is 5.51. The molecular weight excluding hydrogens is 264 g/mol. The van der Waals surface area contributed by atoms with Gasteiger partial charge in [0.1, 0.15) is 0 Å². The molecule has 0 fully saturated rings. The summed E-state index contributed by atoms with van der Waals surface area (Å²) in [4.78, 5) is 10.7. The molecule has 2 aromatic carbocycles. The van der Waals surface area contributed by atoms with E-state index < -0.39 is 0 Å². The van der Waals surface area contributed by atoms with Crippen molar-refractivity contribution in [3.63, 3.8) is 0 Å². The van der Waals surface area contributed by atoms with Crippen LogP contribution in [-0.4, -0.2) is 4.92 Å². The molecule has 0 aliphatic carbocycles. The summed E-state index contributed by atoms with van der Waals surface area (Å²) in [6.45, 7) is 6.13. The molecule has 0 saturated carbocycles. The fourth-order valence-electron chi connectivity index (χ4n) is 2.98. The fourth-order valence-corrected chi connectivity index (χ4v) is 2.98. The summed E-state index contributed by atoms with van der Waals surface area (Å²) in [5, 5.41) is 11.1. The molecule has 0 saturated heterocycles. The molecule has 0 bridgehead atoms.